The second-order valence-corrected chi connectivity index (χ2v) is 3.62. The third-order valence-electron chi connectivity index (χ3n) is 2.34. The Balaban J connectivity index is 2.23. The van der Waals surface area contributed by atoms with Gasteiger partial charge in [-0.05, 0) is 24.3 Å². The number of nitro groups is 1. The van der Waals surface area contributed by atoms with Crippen LogP contribution in [0.4, 0.5) is 5.69 Å². The van der Waals surface area contributed by atoms with Crippen LogP contribution < -0.4 is 0 Å². The Hall–Kier alpha value is -2.56. The normalized spacial score (nSPS) is 12.4. The number of hydrogen-bond acceptors (Lipinski definition) is 4. The minimum absolute atomic E-state index is 0.457. The van der Waals surface area contributed by atoms with E-state index in [1.54, 1.807) is 54.6 Å². The summed E-state index contributed by atoms with van der Waals surface area (Å²) in [6, 6.07) is 17.5. The maximum absolute atomic E-state index is 11.0. The third kappa shape index (κ3) is 2.98. The van der Waals surface area contributed by atoms with Gasteiger partial charge in [-0.1, -0.05) is 36.4 Å². The Morgan fingerprint density at radius 1 is 0.944 bits per heavy atom. The van der Waals surface area contributed by atoms with Gasteiger partial charge < -0.3 is 0 Å². The molecule has 0 saturated carbocycles. The fourth-order valence-corrected chi connectivity index (χ4v) is 1.47. The predicted molar refractivity (Wildman–Crippen MR) is 67.1 cm³/mol. The van der Waals surface area contributed by atoms with E-state index in [0.29, 0.717) is 11.3 Å². The zero-order valence-electron chi connectivity index (χ0n) is 9.51. The zero-order chi connectivity index (χ0) is 12.8. The predicted octanol–water partition coefficient (Wildman–Crippen LogP) is 3.75. The molecule has 2 aromatic rings. The molecular formula is C13H11N3O2. The molecule has 5 heteroatoms. The van der Waals surface area contributed by atoms with E-state index in [1.165, 1.54) is 0 Å². The minimum Gasteiger partial charge on any atom is -0.262 e. The van der Waals surface area contributed by atoms with E-state index in [0.717, 1.165) is 0 Å². The van der Waals surface area contributed by atoms with E-state index < -0.39 is 11.1 Å². The van der Waals surface area contributed by atoms with Gasteiger partial charge in [0.25, 0.3) is 0 Å². The number of hydrogen-bond donors (Lipinski definition) is 0. The largest absolute Gasteiger partial charge is 0.346 e. The monoisotopic (exact) mass is 241 g/mol. The molecule has 0 aliphatic rings. The van der Waals surface area contributed by atoms with Crippen LogP contribution in [0.25, 0.3) is 0 Å². The molecule has 0 bridgehead atoms. The van der Waals surface area contributed by atoms with E-state index in [-0.39, 0.29) is 0 Å². The quantitative estimate of drug-likeness (QED) is 0.464. The second kappa shape index (κ2) is 5.67. The molecule has 2 aromatic carbocycles. The van der Waals surface area contributed by atoms with E-state index in [4.69, 9.17) is 0 Å². The first kappa shape index (κ1) is 11.9. The highest BCUT2D eigenvalue weighted by Crippen LogP contribution is 2.20. The summed E-state index contributed by atoms with van der Waals surface area (Å²) in [5, 5.41) is 18.7. The molecule has 0 spiro atoms. The molecule has 0 N–H and O–H groups in total. The molecule has 90 valence electrons. The van der Waals surface area contributed by atoms with Crippen molar-refractivity contribution < 1.29 is 4.92 Å². The van der Waals surface area contributed by atoms with Crippen molar-refractivity contribution >= 4 is 5.69 Å². The molecule has 0 amide bonds. The van der Waals surface area contributed by atoms with Crippen LogP contribution in [-0.4, -0.2) is 4.92 Å². The molecule has 5 nitrogen and oxygen atoms in total. The molecule has 0 aromatic heterocycles. The molecule has 1 atom stereocenters. The first-order valence-corrected chi connectivity index (χ1v) is 5.42. The van der Waals surface area contributed by atoms with Crippen molar-refractivity contribution in [1.29, 1.82) is 0 Å². The standard InChI is InChI=1S/C13H11N3O2/c17-16(18)13(11-7-3-1-4-8-11)15-14-12-9-5-2-6-10-12/h1-10,13H. The number of benzene rings is 2. The Morgan fingerprint density at radius 3 is 2.06 bits per heavy atom. The first-order chi connectivity index (χ1) is 8.77. The summed E-state index contributed by atoms with van der Waals surface area (Å²) in [5.41, 5.74) is 1.11. The topological polar surface area (TPSA) is 67.9 Å². The van der Waals surface area contributed by atoms with Crippen LogP contribution in [0.2, 0.25) is 0 Å². The van der Waals surface area contributed by atoms with Crippen LogP contribution in [0.3, 0.4) is 0 Å². The van der Waals surface area contributed by atoms with E-state index in [1.807, 2.05) is 6.07 Å². The number of rotatable bonds is 4. The highest BCUT2D eigenvalue weighted by atomic mass is 16.6. The van der Waals surface area contributed by atoms with Crippen LogP contribution in [0, 0.1) is 10.1 Å². The Bertz CT molecular complexity index is 541. The van der Waals surface area contributed by atoms with Gasteiger partial charge in [0, 0.05) is 0 Å². The summed E-state index contributed by atoms with van der Waals surface area (Å²) < 4.78 is 0. The Labute approximate surface area is 104 Å². The van der Waals surface area contributed by atoms with Crippen molar-refractivity contribution in [3.05, 3.63) is 76.3 Å². The lowest BCUT2D eigenvalue weighted by atomic mass is 10.2. The first-order valence-electron chi connectivity index (χ1n) is 5.42. The van der Waals surface area contributed by atoms with Crippen molar-refractivity contribution in [3.8, 4) is 0 Å². The lowest BCUT2D eigenvalue weighted by Gasteiger charge is -2.02. The van der Waals surface area contributed by atoms with Crippen LogP contribution in [0.15, 0.2) is 70.9 Å². The average molecular weight is 241 g/mol. The van der Waals surface area contributed by atoms with Gasteiger partial charge in [0.15, 0.2) is 0 Å². The SMILES string of the molecule is O=[N+]([O-])C(N=Nc1ccccc1)c1ccccc1. The average Bonchev–Trinajstić information content (AvgIpc) is 2.41. The molecule has 0 radical (unpaired) electrons. The van der Waals surface area contributed by atoms with Gasteiger partial charge in [0.05, 0.1) is 16.2 Å². The molecule has 0 aliphatic carbocycles. The van der Waals surface area contributed by atoms with Gasteiger partial charge in [0.1, 0.15) is 0 Å². The highest BCUT2D eigenvalue weighted by Gasteiger charge is 2.21. The smallest absolute Gasteiger partial charge is 0.262 e. The fraction of sp³-hybridized carbons (Fsp3) is 0.0769. The second-order valence-electron chi connectivity index (χ2n) is 3.62. The van der Waals surface area contributed by atoms with Gasteiger partial charge in [0.2, 0.25) is 0 Å². The Kier molecular flexibility index (Phi) is 3.76. The zero-order valence-corrected chi connectivity index (χ0v) is 9.51. The molecule has 0 heterocycles. The molecule has 0 saturated heterocycles. The minimum atomic E-state index is -1.16. The fourth-order valence-electron chi connectivity index (χ4n) is 1.47. The number of nitrogens with zero attached hydrogens (tertiary/aromatic N) is 3. The third-order valence-corrected chi connectivity index (χ3v) is 2.34. The molecule has 1 unspecified atom stereocenters. The van der Waals surface area contributed by atoms with Crippen molar-refractivity contribution in [2.75, 3.05) is 0 Å². The maximum atomic E-state index is 11.0. The van der Waals surface area contributed by atoms with Gasteiger partial charge in [-0.3, -0.25) is 10.1 Å². The van der Waals surface area contributed by atoms with Crippen LogP contribution in [-0.2, 0) is 0 Å². The summed E-state index contributed by atoms with van der Waals surface area (Å²) in [7, 11) is 0. The maximum Gasteiger partial charge on any atom is 0.346 e. The van der Waals surface area contributed by atoms with Crippen molar-refractivity contribution in [1.82, 2.24) is 0 Å². The summed E-state index contributed by atoms with van der Waals surface area (Å²) in [5.74, 6) is 0. The number of azo groups is 1. The highest BCUT2D eigenvalue weighted by molar-refractivity contribution is 5.34. The summed E-state index contributed by atoms with van der Waals surface area (Å²) in [4.78, 5) is 10.5. The van der Waals surface area contributed by atoms with Crippen LogP contribution in [0.1, 0.15) is 11.7 Å². The lowest BCUT2D eigenvalue weighted by Crippen LogP contribution is -2.06. The lowest BCUT2D eigenvalue weighted by molar-refractivity contribution is -0.528. The summed E-state index contributed by atoms with van der Waals surface area (Å²) >= 11 is 0. The molecule has 0 aliphatic heterocycles. The van der Waals surface area contributed by atoms with Crippen molar-refractivity contribution in [3.63, 3.8) is 0 Å². The van der Waals surface area contributed by atoms with Crippen LogP contribution in [0.5, 0.6) is 0 Å². The van der Waals surface area contributed by atoms with Gasteiger partial charge in [-0.15, -0.1) is 10.2 Å². The van der Waals surface area contributed by atoms with E-state index >= 15 is 0 Å². The van der Waals surface area contributed by atoms with E-state index in [9.17, 15) is 10.1 Å². The van der Waals surface area contributed by atoms with Gasteiger partial charge >= 0.3 is 6.17 Å². The molecule has 18 heavy (non-hydrogen) atoms. The molecule has 2 rings (SSSR count). The molecular weight excluding hydrogens is 230 g/mol. The van der Waals surface area contributed by atoms with Crippen molar-refractivity contribution in [2.45, 2.75) is 6.17 Å². The van der Waals surface area contributed by atoms with E-state index in [2.05, 4.69) is 10.2 Å². The van der Waals surface area contributed by atoms with Gasteiger partial charge in [-0.25, -0.2) is 0 Å². The Morgan fingerprint density at radius 2 is 1.50 bits per heavy atom. The van der Waals surface area contributed by atoms with Crippen LogP contribution >= 0.6 is 0 Å². The summed E-state index contributed by atoms with van der Waals surface area (Å²) in [6.45, 7) is 0. The van der Waals surface area contributed by atoms with Gasteiger partial charge in [-0.2, -0.15) is 0 Å². The molecule has 0 fully saturated rings. The van der Waals surface area contributed by atoms with Crippen molar-refractivity contribution in [2.24, 2.45) is 10.2 Å². The summed E-state index contributed by atoms with van der Waals surface area (Å²) in [6.07, 6.45) is -1.16.